The second kappa shape index (κ2) is 4.63. The number of nitrogens with zero attached hydrogens (tertiary/aromatic N) is 3. The molecule has 6 heteroatoms. The van der Waals surface area contributed by atoms with E-state index in [-0.39, 0.29) is 17.6 Å². The molecule has 0 radical (unpaired) electrons. The van der Waals surface area contributed by atoms with Gasteiger partial charge in [0.2, 0.25) is 5.82 Å². The number of fused-ring (bicyclic) bond motifs is 1. The van der Waals surface area contributed by atoms with E-state index < -0.39 is 0 Å². The summed E-state index contributed by atoms with van der Waals surface area (Å²) in [7, 11) is 0. The number of carbonyl (C=O) groups is 1. The van der Waals surface area contributed by atoms with Crippen LogP contribution in [0.3, 0.4) is 0 Å². The third kappa shape index (κ3) is 1.93. The van der Waals surface area contributed by atoms with Gasteiger partial charge in [-0.2, -0.15) is 0 Å². The number of para-hydroxylation sites is 1. The monoisotopic (exact) mass is 271 g/mol. The van der Waals surface area contributed by atoms with E-state index in [4.69, 9.17) is 5.73 Å². The fraction of sp³-hybridized carbons (Fsp3) is 0.357. The average Bonchev–Trinajstić information content (AvgIpc) is 3.05. The molecule has 3 rings (SSSR count). The Balaban J connectivity index is 1.93. The number of nitrogens with one attached hydrogen (secondary N) is 1. The van der Waals surface area contributed by atoms with Crippen molar-refractivity contribution in [1.29, 1.82) is 0 Å². The molecular formula is C14H17N5O. The molecule has 2 heterocycles. The summed E-state index contributed by atoms with van der Waals surface area (Å²) in [5.41, 5.74) is 8.50. The van der Waals surface area contributed by atoms with Crippen LogP contribution in [-0.4, -0.2) is 27.6 Å². The van der Waals surface area contributed by atoms with E-state index in [0.29, 0.717) is 18.1 Å². The lowest BCUT2D eigenvalue weighted by Gasteiger charge is -2.17. The zero-order valence-corrected chi connectivity index (χ0v) is 11.6. The third-order valence-corrected chi connectivity index (χ3v) is 3.51. The van der Waals surface area contributed by atoms with Crippen molar-refractivity contribution >= 4 is 17.3 Å². The van der Waals surface area contributed by atoms with Crippen molar-refractivity contribution in [2.45, 2.75) is 26.2 Å². The molecule has 0 bridgehead atoms. The lowest BCUT2D eigenvalue weighted by atomic mass is 10.1. The maximum absolute atomic E-state index is 12.5. The first kappa shape index (κ1) is 12.7. The van der Waals surface area contributed by atoms with Crippen LogP contribution in [0.15, 0.2) is 18.2 Å². The number of rotatable bonds is 2. The molecule has 0 saturated carbocycles. The molecule has 20 heavy (non-hydrogen) atoms. The van der Waals surface area contributed by atoms with Crippen LogP contribution in [0.25, 0.3) is 0 Å². The third-order valence-electron chi connectivity index (χ3n) is 3.51. The van der Waals surface area contributed by atoms with E-state index in [1.54, 1.807) is 4.90 Å². The van der Waals surface area contributed by atoms with Gasteiger partial charge in [0.1, 0.15) is 5.82 Å². The molecule has 1 aliphatic rings. The summed E-state index contributed by atoms with van der Waals surface area (Å²) in [5.74, 6) is 0.920. The van der Waals surface area contributed by atoms with Gasteiger partial charge in [0.15, 0.2) is 0 Å². The Bertz CT molecular complexity index is 661. The number of aromatic amines is 1. The van der Waals surface area contributed by atoms with Crippen LogP contribution in [0.5, 0.6) is 0 Å². The van der Waals surface area contributed by atoms with Crippen LogP contribution in [-0.2, 0) is 6.42 Å². The molecule has 0 saturated heterocycles. The molecule has 2 aromatic rings. The number of aromatic nitrogens is 3. The van der Waals surface area contributed by atoms with Crippen LogP contribution in [0.4, 0.5) is 11.4 Å². The Labute approximate surface area is 117 Å². The van der Waals surface area contributed by atoms with Gasteiger partial charge in [-0.05, 0) is 18.1 Å². The first-order valence-corrected chi connectivity index (χ1v) is 6.69. The van der Waals surface area contributed by atoms with Crippen molar-refractivity contribution in [3.8, 4) is 0 Å². The number of carbonyl (C=O) groups excluding carboxylic acids is 1. The quantitative estimate of drug-likeness (QED) is 0.814. The predicted molar refractivity (Wildman–Crippen MR) is 76.7 cm³/mol. The molecule has 0 fully saturated rings. The SMILES string of the molecule is CC(C)c1nc(C(=O)N2CCc3cccc(N)c32)n[nH]1. The number of hydrogen-bond donors (Lipinski definition) is 2. The van der Waals surface area contributed by atoms with Gasteiger partial charge in [-0.1, -0.05) is 26.0 Å². The standard InChI is InChI=1S/C14H17N5O/c1-8(2)12-16-13(18-17-12)14(20)19-7-6-9-4-3-5-10(15)11(9)19/h3-5,8H,6-7,15H2,1-2H3,(H,16,17,18). The minimum atomic E-state index is -0.204. The zero-order valence-electron chi connectivity index (χ0n) is 11.6. The van der Waals surface area contributed by atoms with Crippen molar-refractivity contribution in [2.24, 2.45) is 0 Å². The lowest BCUT2D eigenvalue weighted by Crippen LogP contribution is -2.30. The van der Waals surface area contributed by atoms with Gasteiger partial charge in [0.05, 0.1) is 11.4 Å². The van der Waals surface area contributed by atoms with Crippen LogP contribution in [0.2, 0.25) is 0 Å². The molecule has 6 nitrogen and oxygen atoms in total. The van der Waals surface area contributed by atoms with Crippen LogP contribution >= 0.6 is 0 Å². The first-order chi connectivity index (χ1) is 9.58. The average molecular weight is 271 g/mol. The van der Waals surface area contributed by atoms with Crippen molar-refractivity contribution in [3.63, 3.8) is 0 Å². The summed E-state index contributed by atoms with van der Waals surface area (Å²) in [4.78, 5) is 18.4. The summed E-state index contributed by atoms with van der Waals surface area (Å²) >= 11 is 0. The topological polar surface area (TPSA) is 87.9 Å². The summed E-state index contributed by atoms with van der Waals surface area (Å²) in [6, 6.07) is 5.71. The first-order valence-electron chi connectivity index (χ1n) is 6.69. The van der Waals surface area contributed by atoms with Crippen LogP contribution < -0.4 is 10.6 Å². The highest BCUT2D eigenvalue weighted by molar-refractivity contribution is 6.06. The molecule has 1 aromatic carbocycles. The highest BCUT2D eigenvalue weighted by atomic mass is 16.2. The van der Waals surface area contributed by atoms with Crippen molar-refractivity contribution in [1.82, 2.24) is 15.2 Å². The number of benzene rings is 1. The number of hydrogen-bond acceptors (Lipinski definition) is 4. The molecule has 1 aromatic heterocycles. The summed E-state index contributed by atoms with van der Waals surface area (Å²) in [6.07, 6.45) is 0.813. The Hall–Kier alpha value is -2.37. The van der Waals surface area contributed by atoms with E-state index in [2.05, 4.69) is 15.2 Å². The van der Waals surface area contributed by atoms with Gasteiger partial charge in [0.25, 0.3) is 5.91 Å². The van der Waals surface area contributed by atoms with Crippen LogP contribution in [0.1, 0.15) is 41.8 Å². The molecule has 1 aliphatic heterocycles. The Morgan fingerprint density at radius 2 is 2.25 bits per heavy atom. The predicted octanol–water partition coefficient (Wildman–Crippen LogP) is 1.71. The maximum atomic E-state index is 12.5. The molecule has 3 N–H and O–H groups in total. The summed E-state index contributed by atoms with van der Waals surface area (Å²) < 4.78 is 0. The van der Waals surface area contributed by atoms with E-state index >= 15 is 0 Å². The molecule has 0 aliphatic carbocycles. The van der Waals surface area contributed by atoms with Gasteiger partial charge in [-0.25, -0.2) is 4.98 Å². The molecule has 0 atom stereocenters. The van der Waals surface area contributed by atoms with E-state index in [1.165, 1.54) is 0 Å². The molecule has 0 spiro atoms. The Kier molecular flexibility index (Phi) is 2.93. The molecule has 0 unspecified atom stereocenters. The smallest absolute Gasteiger partial charge is 0.298 e. The normalized spacial score (nSPS) is 13.8. The molecule has 1 amide bonds. The molecule has 104 valence electrons. The van der Waals surface area contributed by atoms with Gasteiger partial charge < -0.3 is 10.6 Å². The number of nitrogens with two attached hydrogens (primary N) is 1. The minimum Gasteiger partial charge on any atom is -0.397 e. The number of H-pyrrole nitrogens is 1. The fourth-order valence-electron chi connectivity index (χ4n) is 2.44. The van der Waals surface area contributed by atoms with Crippen molar-refractivity contribution in [3.05, 3.63) is 35.4 Å². The maximum Gasteiger partial charge on any atom is 0.298 e. The lowest BCUT2D eigenvalue weighted by molar-refractivity contribution is 0.0980. The fourth-order valence-corrected chi connectivity index (χ4v) is 2.44. The largest absolute Gasteiger partial charge is 0.397 e. The van der Waals surface area contributed by atoms with Gasteiger partial charge >= 0.3 is 0 Å². The summed E-state index contributed by atoms with van der Waals surface area (Å²) in [6.45, 7) is 4.61. The minimum absolute atomic E-state index is 0.199. The van der Waals surface area contributed by atoms with E-state index in [0.717, 1.165) is 17.7 Å². The van der Waals surface area contributed by atoms with Gasteiger partial charge in [-0.3, -0.25) is 9.89 Å². The number of anilines is 2. The van der Waals surface area contributed by atoms with Gasteiger partial charge in [0, 0.05) is 12.5 Å². The second-order valence-electron chi connectivity index (χ2n) is 5.26. The number of nitrogen functional groups attached to an aromatic ring is 1. The zero-order chi connectivity index (χ0) is 14.3. The second-order valence-corrected chi connectivity index (χ2v) is 5.26. The summed E-state index contributed by atoms with van der Waals surface area (Å²) in [5, 5.41) is 6.82. The van der Waals surface area contributed by atoms with Crippen molar-refractivity contribution < 1.29 is 4.79 Å². The van der Waals surface area contributed by atoms with E-state index in [9.17, 15) is 4.79 Å². The highest BCUT2D eigenvalue weighted by Crippen LogP contribution is 2.34. The van der Waals surface area contributed by atoms with Crippen LogP contribution in [0, 0.1) is 0 Å². The Morgan fingerprint density at radius 1 is 1.45 bits per heavy atom. The van der Waals surface area contributed by atoms with Gasteiger partial charge in [-0.15, -0.1) is 5.10 Å². The van der Waals surface area contributed by atoms with E-state index in [1.807, 2.05) is 32.0 Å². The highest BCUT2D eigenvalue weighted by Gasteiger charge is 2.29. The van der Waals surface area contributed by atoms with Crippen molar-refractivity contribution in [2.75, 3.05) is 17.2 Å². The Morgan fingerprint density at radius 3 is 2.95 bits per heavy atom. The molecular weight excluding hydrogens is 254 g/mol. The number of amides is 1.